The zero-order valence-corrected chi connectivity index (χ0v) is 24.1. The number of Topliss-reactive ketones (excluding diaryl/α,β-unsaturated/α-hetero) is 1. The Labute approximate surface area is 242 Å². The molecule has 0 radical (unpaired) electrons. The second-order valence-corrected chi connectivity index (χ2v) is 11.7. The lowest BCUT2D eigenvalue weighted by molar-refractivity contribution is 0.0829. The number of benzene rings is 4. The van der Waals surface area contributed by atoms with E-state index < -0.39 is 0 Å². The van der Waals surface area contributed by atoms with Gasteiger partial charge >= 0.3 is 0 Å². The highest BCUT2D eigenvalue weighted by Gasteiger charge is 2.16. The number of rotatable bonds is 12. The van der Waals surface area contributed by atoms with Crippen molar-refractivity contribution in [2.75, 3.05) is 5.75 Å². The van der Waals surface area contributed by atoms with Gasteiger partial charge in [-0.3, -0.25) is 9.59 Å². The fourth-order valence-corrected chi connectivity index (χ4v) is 5.38. The quantitative estimate of drug-likeness (QED) is 0.0733. The SMILES string of the molecule is CC(C)O/N=C(\CCSc1ccc(Cl)cc1)C(=O)c1ccc(Sc2ccc(C(=O)c3ccccc3)cc2)cc1. The Morgan fingerprint density at radius 1 is 0.744 bits per heavy atom. The smallest absolute Gasteiger partial charge is 0.210 e. The number of thioether (sulfide) groups is 1. The van der Waals surface area contributed by atoms with E-state index in [1.165, 1.54) is 0 Å². The number of oxime groups is 1. The molecule has 0 spiro atoms. The molecule has 0 bridgehead atoms. The van der Waals surface area contributed by atoms with Crippen molar-refractivity contribution in [1.82, 2.24) is 0 Å². The predicted octanol–water partition coefficient (Wildman–Crippen LogP) is 8.87. The van der Waals surface area contributed by atoms with Crippen LogP contribution in [0.4, 0.5) is 0 Å². The number of hydrogen-bond acceptors (Lipinski definition) is 6. The van der Waals surface area contributed by atoms with E-state index in [9.17, 15) is 9.59 Å². The lowest BCUT2D eigenvalue weighted by Gasteiger charge is -2.09. The third-order valence-corrected chi connectivity index (χ3v) is 7.84. The zero-order valence-electron chi connectivity index (χ0n) is 21.7. The van der Waals surface area contributed by atoms with Crippen LogP contribution in [0.25, 0.3) is 0 Å². The van der Waals surface area contributed by atoms with Gasteiger partial charge in [0.2, 0.25) is 5.78 Å². The number of hydrogen-bond donors (Lipinski definition) is 0. The normalized spacial score (nSPS) is 11.4. The van der Waals surface area contributed by atoms with Gasteiger partial charge in [-0.25, -0.2) is 0 Å². The minimum atomic E-state index is -0.146. The number of carbonyl (C=O) groups excluding carboxylic acids is 2. The summed E-state index contributed by atoms with van der Waals surface area (Å²) < 4.78 is 0. The van der Waals surface area contributed by atoms with E-state index >= 15 is 0 Å². The number of carbonyl (C=O) groups is 2. The minimum Gasteiger partial charge on any atom is -0.393 e. The Kier molecular flexibility index (Phi) is 10.4. The molecular weight excluding hydrogens is 546 g/mol. The lowest BCUT2D eigenvalue weighted by atomic mass is 10.0. The first-order valence-electron chi connectivity index (χ1n) is 12.5. The molecular formula is C32H28ClNO3S2. The van der Waals surface area contributed by atoms with E-state index in [0.717, 1.165) is 14.7 Å². The third-order valence-electron chi connectivity index (χ3n) is 5.56. The van der Waals surface area contributed by atoms with Gasteiger partial charge in [-0.2, -0.15) is 0 Å². The molecule has 0 fully saturated rings. The first kappa shape index (κ1) is 28.7. The molecule has 0 amide bonds. The summed E-state index contributed by atoms with van der Waals surface area (Å²) in [6.07, 6.45) is 0.355. The van der Waals surface area contributed by atoms with Crippen molar-refractivity contribution in [3.63, 3.8) is 0 Å². The fourth-order valence-electron chi connectivity index (χ4n) is 3.57. The van der Waals surface area contributed by atoms with Crippen molar-refractivity contribution < 1.29 is 14.4 Å². The van der Waals surface area contributed by atoms with E-state index in [-0.39, 0.29) is 17.7 Å². The molecule has 0 aliphatic carbocycles. The van der Waals surface area contributed by atoms with Crippen molar-refractivity contribution >= 4 is 52.4 Å². The first-order chi connectivity index (χ1) is 18.9. The monoisotopic (exact) mass is 573 g/mol. The molecule has 0 unspecified atom stereocenters. The molecule has 0 atom stereocenters. The predicted molar refractivity (Wildman–Crippen MR) is 162 cm³/mol. The number of nitrogens with zero attached hydrogens (tertiary/aromatic N) is 1. The molecule has 7 heteroatoms. The van der Waals surface area contributed by atoms with Crippen LogP contribution >= 0.6 is 35.1 Å². The van der Waals surface area contributed by atoms with E-state index in [2.05, 4.69) is 5.16 Å². The van der Waals surface area contributed by atoms with Gasteiger partial charge in [0.1, 0.15) is 11.8 Å². The van der Waals surface area contributed by atoms with E-state index in [0.29, 0.717) is 39.6 Å². The Bertz CT molecular complexity index is 1420. The molecule has 4 rings (SSSR count). The van der Waals surface area contributed by atoms with Crippen LogP contribution in [-0.4, -0.2) is 29.1 Å². The summed E-state index contributed by atoms with van der Waals surface area (Å²) in [5, 5.41) is 4.87. The number of ketones is 2. The van der Waals surface area contributed by atoms with Crippen molar-refractivity contribution in [1.29, 1.82) is 0 Å². The summed E-state index contributed by atoms with van der Waals surface area (Å²) in [4.78, 5) is 34.4. The van der Waals surface area contributed by atoms with Crippen LogP contribution in [0.1, 0.15) is 46.5 Å². The molecule has 198 valence electrons. The summed E-state index contributed by atoms with van der Waals surface area (Å²) in [5.74, 6) is 0.540. The van der Waals surface area contributed by atoms with E-state index in [1.807, 2.05) is 117 Å². The molecule has 0 aliphatic rings. The molecule has 0 saturated carbocycles. The van der Waals surface area contributed by atoms with Crippen LogP contribution in [0.5, 0.6) is 0 Å². The summed E-state index contributed by atoms with van der Waals surface area (Å²) in [6, 6.07) is 31.9. The zero-order chi connectivity index (χ0) is 27.6. The second-order valence-electron chi connectivity index (χ2n) is 8.92. The Morgan fingerprint density at radius 2 is 1.28 bits per heavy atom. The lowest BCUT2D eigenvalue weighted by Crippen LogP contribution is -2.17. The van der Waals surface area contributed by atoms with E-state index in [4.69, 9.17) is 16.4 Å². The number of halogens is 1. The molecule has 4 aromatic rings. The van der Waals surface area contributed by atoms with Gasteiger partial charge in [0.25, 0.3) is 0 Å². The summed E-state index contributed by atoms with van der Waals surface area (Å²) in [5.41, 5.74) is 2.27. The maximum Gasteiger partial charge on any atom is 0.210 e. The van der Waals surface area contributed by atoms with Crippen molar-refractivity contribution in [2.24, 2.45) is 5.16 Å². The average Bonchev–Trinajstić information content (AvgIpc) is 2.96. The van der Waals surface area contributed by atoms with Gasteiger partial charge in [0.15, 0.2) is 5.78 Å². The highest BCUT2D eigenvalue weighted by atomic mass is 35.5. The van der Waals surface area contributed by atoms with Crippen LogP contribution < -0.4 is 0 Å². The summed E-state index contributed by atoms with van der Waals surface area (Å²) in [6.45, 7) is 3.76. The van der Waals surface area contributed by atoms with Crippen LogP contribution in [0, 0.1) is 0 Å². The van der Waals surface area contributed by atoms with Gasteiger partial charge in [-0.05, 0) is 86.6 Å². The Morgan fingerprint density at radius 3 is 1.87 bits per heavy atom. The fraction of sp³-hybridized carbons (Fsp3) is 0.156. The first-order valence-corrected chi connectivity index (χ1v) is 14.7. The molecule has 4 nitrogen and oxygen atoms in total. The highest BCUT2D eigenvalue weighted by Crippen LogP contribution is 2.29. The van der Waals surface area contributed by atoms with Gasteiger partial charge < -0.3 is 4.84 Å². The maximum atomic E-state index is 13.3. The van der Waals surface area contributed by atoms with E-state index in [1.54, 1.807) is 23.5 Å². The third kappa shape index (κ3) is 8.59. The van der Waals surface area contributed by atoms with Crippen LogP contribution in [0.2, 0.25) is 5.02 Å². The molecule has 0 aromatic heterocycles. The minimum absolute atomic E-state index is 0.000459. The summed E-state index contributed by atoms with van der Waals surface area (Å²) >= 11 is 9.17. The van der Waals surface area contributed by atoms with Gasteiger partial charge in [-0.15, -0.1) is 11.8 Å². The second kappa shape index (κ2) is 14.2. The van der Waals surface area contributed by atoms with Crippen LogP contribution in [-0.2, 0) is 4.84 Å². The van der Waals surface area contributed by atoms with Gasteiger partial charge in [-0.1, -0.05) is 58.9 Å². The largest absolute Gasteiger partial charge is 0.393 e. The molecule has 39 heavy (non-hydrogen) atoms. The van der Waals surface area contributed by atoms with Crippen LogP contribution in [0.15, 0.2) is 123 Å². The maximum absolute atomic E-state index is 13.3. The van der Waals surface area contributed by atoms with Gasteiger partial charge in [0.05, 0.1) is 0 Å². The Hall–Kier alpha value is -3.32. The average molecular weight is 574 g/mol. The van der Waals surface area contributed by atoms with Crippen molar-refractivity contribution in [2.45, 2.75) is 41.1 Å². The van der Waals surface area contributed by atoms with Gasteiger partial charge in [0, 0.05) is 48.6 Å². The van der Waals surface area contributed by atoms with Crippen molar-refractivity contribution in [3.8, 4) is 0 Å². The summed E-state index contributed by atoms with van der Waals surface area (Å²) in [7, 11) is 0. The van der Waals surface area contributed by atoms with Crippen molar-refractivity contribution in [3.05, 3.63) is 125 Å². The topological polar surface area (TPSA) is 55.7 Å². The molecule has 4 aromatic carbocycles. The van der Waals surface area contributed by atoms with Crippen LogP contribution in [0.3, 0.4) is 0 Å². The molecule has 0 heterocycles. The standard InChI is InChI=1S/C32H28ClNO3S2/c1-22(2)37-34-30(20-21-38-27-18-12-26(33)13-19-27)32(36)25-10-16-29(17-11-25)39-28-14-8-24(9-15-28)31(35)23-6-4-3-5-7-23/h3-19,22H,20-21H2,1-2H3/b34-30+. The molecule has 0 aliphatic heterocycles. The molecule has 0 saturated heterocycles. The highest BCUT2D eigenvalue weighted by molar-refractivity contribution is 7.99. The molecule has 0 N–H and O–H groups in total. The Balaban J connectivity index is 1.38.